The zero-order valence-electron chi connectivity index (χ0n) is 9.72. The van der Waals surface area contributed by atoms with Gasteiger partial charge in [0.25, 0.3) is 0 Å². The van der Waals surface area contributed by atoms with Crippen LogP contribution in [0.2, 0.25) is 0 Å². The molecule has 0 spiro atoms. The Morgan fingerprint density at radius 2 is 1.65 bits per heavy atom. The molecule has 100 valence electrons. The zero-order chi connectivity index (χ0) is 13.4. The third kappa shape index (κ3) is 2.88. The lowest BCUT2D eigenvalue weighted by Crippen LogP contribution is -2.44. The van der Waals surface area contributed by atoms with Crippen LogP contribution in [0.25, 0.3) is 0 Å². The second kappa shape index (κ2) is 4.44. The molecule has 0 unspecified atom stereocenters. The Morgan fingerprint density at radius 1 is 1.24 bits per heavy atom. The third-order valence-electron chi connectivity index (χ3n) is 2.67. The Balaban J connectivity index is 2.68. The van der Waals surface area contributed by atoms with Gasteiger partial charge in [0.2, 0.25) is 5.91 Å². The van der Waals surface area contributed by atoms with Crippen molar-refractivity contribution >= 4 is 5.91 Å². The number of amides is 1. The molecule has 1 aliphatic heterocycles. The molecule has 0 aromatic heterocycles. The predicted molar refractivity (Wildman–Crippen MR) is 53.9 cm³/mol. The highest BCUT2D eigenvalue weighted by Gasteiger charge is 2.64. The Hall–Kier alpha value is -0.850. The summed E-state index contributed by atoms with van der Waals surface area (Å²) in [6, 6.07) is -1.00. The van der Waals surface area contributed by atoms with Crippen molar-refractivity contribution in [3.05, 3.63) is 0 Å². The molecule has 0 saturated carbocycles. The van der Waals surface area contributed by atoms with E-state index in [1.807, 2.05) is 0 Å². The predicted octanol–water partition coefficient (Wildman–Crippen LogP) is 1.47. The molecule has 1 fully saturated rings. The van der Waals surface area contributed by atoms with E-state index in [2.05, 4.69) is 0 Å². The number of rotatable bonds is 3. The fourth-order valence-electron chi connectivity index (χ4n) is 1.77. The summed E-state index contributed by atoms with van der Waals surface area (Å²) in [7, 11) is 0. The van der Waals surface area contributed by atoms with E-state index in [0.717, 1.165) is 0 Å². The Labute approximate surface area is 96.9 Å². The van der Waals surface area contributed by atoms with Crippen molar-refractivity contribution in [3.63, 3.8) is 0 Å². The van der Waals surface area contributed by atoms with Crippen molar-refractivity contribution in [2.24, 2.45) is 11.7 Å². The maximum Gasteiger partial charge on any atom is 0.329 e. The third-order valence-corrected chi connectivity index (χ3v) is 2.67. The normalized spacial score (nSPS) is 24.1. The molecule has 1 heterocycles. The van der Waals surface area contributed by atoms with Gasteiger partial charge >= 0.3 is 11.8 Å². The average Bonchev–Trinajstić information content (AvgIpc) is 2.33. The Morgan fingerprint density at radius 3 is 2.00 bits per heavy atom. The van der Waals surface area contributed by atoms with Crippen molar-refractivity contribution in [3.8, 4) is 0 Å². The first-order chi connectivity index (χ1) is 7.57. The largest absolute Gasteiger partial charge is 0.329 e. The average molecular weight is 256 g/mol. The molecular formula is C10H16F4N2O. The van der Waals surface area contributed by atoms with Crippen molar-refractivity contribution in [1.29, 1.82) is 0 Å². The van der Waals surface area contributed by atoms with Crippen LogP contribution in [0.1, 0.15) is 20.3 Å². The monoisotopic (exact) mass is 256 g/mol. The van der Waals surface area contributed by atoms with Crippen LogP contribution in [-0.4, -0.2) is 41.8 Å². The summed E-state index contributed by atoms with van der Waals surface area (Å²) in [4.78, 5) is 12.0. The van der Waals surface area contributed by atoms with Crippen molar-refractivity contribution in [2.75, 3.05) is 13.1 Å². The number of likely N-dealkylation sites (tertiary alicyclic amines) is 1. The zero-order valence-corrected chi connectivity index (χ0v) is 9.72. The summed E-state index contributed by atoms with van der Waals surface area (Å²) in [6.07, 6.45) is 0.284. The lowest BCUT2D eigenvalue weighted by atomic mass is 10.0. The molecule has 3 nitrogen and oxygen atoms in total. The molecule has 2 N–H and O–H groups in total. The first kappa shape index (κ1) is 14.2. The quantitative estimate of drug-likeness (QED) is 0.777. The summed E-state index contributed by atoms with van der Waals surface area (Å²) in [6.45, 7) is 1.09. The number of hydrogen-bond acceptors (Lipinski definition) is 2. The summed E-state index contributed by atoms with van der Waals surface area (Å²) in [5.74, 6) is -9.08. The minimum absolute atomic E-state index is 0.0950. The number of nitrogens with two attached hydrogens (primary N) is 1. The van der Waals surface area contributed by atoms with Gasteiger partial charge < -0.3 is 10.6 Å². The van der Waals surface area contributed by atoms with Crippen LogP contribution in [0, 0.1) is 5.92 Å². The van der Waals surface area contributed by atoms with Gasteiger partial charge in [-0.25, -0.2) is 0 Å². The van der Waals surface area contributed by atoms with Crippen LogP contribution in [0.3, 0.4) is 0 Å². The highest BCUT2D eigenvalue weighted by molar-refractivity contribution is 5.82. The molecule has 1 aliphatic rings. The van der Waals surface area contributed by atoms with Gasteiger partial charge in [-0.3, -0.25) is 4.79 Å². The first-order valence-electron chi connectivity index (χ1n) is 5.37. The molecule has 7 heteroatoms. The maximum absolute atomic E-state index is 12.9. The van der Waals surface area contributed by atoms with Crippen molar-refractivity contribution < 1.29 is 22.4 Å². The highest BCUT2D eigenvalue weighted by atomic mass is 19.3. The van der Waals surface area contributed by atoms with Crippen LogP contribution in [0.5, 0.6) is 0 Å². The molecule has 0 aromatic rings. The number of carbonyl (C=O) groups is 1. The Kier molecular flexibility index (Phi) is 3.71. The van der Waals surface area contributed by atoms with E-state index in [-0.39, 0.29) is 12.3 Å². The van der Waals surface area contributed by atoms with E-state index in [1.165, 1.54) is 0 Å². The molecule has 17 heavy (non-hydrogen) atoms. The summed E-state index contributed by atoms with van der Waals surface area (Å²) >= 11 is 0. The molecule has 1 atom stereocenters. The van der Waals surface area contributed by atoms with Gasteiger partial charge in [-0.05, 0) is 12.3 Å². The van der Waals surface area contributed by atoms with Gasteiger partial charge in [-0.15, -0.1) is 0 Å². The fraction of sp³-hybridized carbons (Fsp3) is 0.900. The topological polar surface area (TPSA) is 46.3 Å². The lowest BCUT2D eigenvalue weighted by molar-refractivity contribution is -0.172. The van der Waals surface area contributed by atoms with Gasteiger partial charge in [0, 0.05) is 0 Å². The molecule has 0 radical (unpaired) electrons. The van der Waals surface area contributed by atoms with E-state index < -0.39 is 36.9 Å². The van der Waals surface area contributed by atoms with E-state index in [9.17, 15) is 22.4 Å². The van der Waals surface area contributed by atoms with E-state index in [1.54, 1.807) is 13.8 Å². The number of nitrogens with zero attached hydrogens (tertiary/aromatic N) is 1. The van der Waals surface area contributed by atoms with E-state index in [4.69, 9.17) is 5.73 Å². The minimum atomic E-state index is -4.17. The molecular weight excluding hydrogens is 240 g/mol. The maximum atomic E-state index is 12.9. The van der Waals surface area contributed by atoms with E-state index >= 15 is 0 Å². The Bertz CT molecular complexity index is 291. The van der Waals surface area contributed by atoms with Gasteiger partial charge in [0.15, 0.2) is 0 Å². The molecule has 0 aromatic carbocycles. The second-order valence-electron chi connectivity index (χ2n) is 4.84. The molecule has 0 aliphatic carbocycles. The first-order valence-corrected chi connectivity index (χ1v) is 5.37. The van der Waals surface area contributed by atoms with Crippen LogP contribution in [0.4, 0.5) is 17.6 Å². The SMILES string of the molecule is CC(C)C[C@H](N)C(=O)N1CC(F)(F)C(F)(F)C1. The summed E-state index contributed by atoms with van der Waals surface area (Å²) in [5.41, 5.74) is 5.49. The molecule has 1 rings (SSSR count). The number of alkyl halides is 4. The summed E-state index contributed by atoms with van der Waals surface area (Å²) in [5, 5.41) is 0. The van der Waals surface area contributed by atoms with Crippen LogP contribution in [0.15, 0.2) is 0 Å². The number of hydrogen-bond donors (Lipinski definition) is 1. The lowest BCUT2D eigenvalue weighted by Gasteiger charge is -2.20. The highest BCUT2D eigenvalue weighted by Crippen LogP contribution is 2.41. The van der Waals surface area contributed by atoms with Crippen molar-refractivity contribution in [2.45, 2.75) is 38.2 Å². The van der Waals surface area contributed by atoms with Gasteiger partial charge in [-0.1, -0.05) is 13.8 Å². The smallest absolute Gasteiger partial charge is 0.329 e. The standard InChI is InChI=1S/C10H16F4N2O/c1-6(2)3-7(15)8(17)16-4-9(11,12)10(13,14)5-16/h6-7H,3-5,15H2,1-2H3/t7-/m0/s1. The van der Waals surface area contributed by atoms with Crippen LogP contribution >= 0.6 is 0 Å². The second-order valence-corrected chi connectivity index (χ2v) is 4.84. The van der Waals surface area contributed by atoms with Gasteiger partial charge in [0.05, 0.1) is 19.1 Å². The van der Waals surface area contributed by atoms with Gasteiger partial charge in [0.1, 0.15) is 0 Å². The van der Waals surface area contributed by atoms with Crippen LogP contribution < -0.4 is 5.73 Å². The molecule has 0 bridgehead atoms. The molecule has 1 saturated heterocycles. The van der Waals surface area contributed by atoms with Gasteiger partial charge in [-0.2, -0.15) is 17.6 Å². The number of halogens is 4. The fourth-order valence-corrected chi connectivity index (χ4v) is 1.77. The minimum Gasteiger partial charge on any atom is -0.329 e. The van der Waals surface area contributed by atoms with Crippen LogP contribution in [-0.2, 0) is 4.79 Å². The summed E-state index contributed by atoms with van der Waals surface area (Å²) < 4.78 is 51.5. The molecule has 1 amide bonds. The van der Waals surface area contributed by atoms with E-state index in [0.29, 0.717) is 4.90 Å². The number of carbonyl (C=O) groups excluding carboxylic acids is 1. The van der Waals surface area contributed by atoms with Crippen molar-refractivity contribution in [1.82, 2.24) is 4.90 Å².